The van der Waals surface area contributed by atoms with Gasteiger partial charge in [-0.3, -0.25) is 4.79 Å². The van der Waals surface area contributed by atoms with E-state index >= 15 is 0 Å². The van der Waals surface area contributed by atoms with Crippen molar-refractivity contribution in [3.63, 3.8) is 0 Å². The Balaban J connectivity index is 1.48. The Hall–Kier alpha value is -2.46. The number of hydrogen-bond acceptors (Lipinski definition) is 2. The Bertz CT molecular complexity index is 987. The summed E-state index contributed by atoms with van der Waals surface area (Å²) in [4.78, 5) is 18.2. The maximum atomic E-state index is 13.1. The molecule has 1 saturated heterocycles. The number of halogens is 1. The van der Waals surface area contributed by atoms with E-state index in [1.807, 2.05) is 49.1 Å². The molecular weight excluding hydrogens is 372 g/mol. The summed E-state index contributed by atoms with van der Waals surface area (Å²) < 4.78 is 5.99. The Labute approximate surface area is 170 Å². The van der Waals surface area contributed by atoms with Crippen LogP contribution in [0.1, 0.15) is 48.5 Å². The average molecular weight is 397 g/mol. The number of H-pyrrole nitrogens is 1. The third-order valence-corrected chi connectivity index (χ3v) is 5.61. The number of aromatic nitrogens is 1. The molecule has 1 amide bonds. The first-order valence-corrected chi connectivity index (χ1v) is 10.2. The number of likely N-dealkylation sites (tertiary alicyclic amines) is 1. The maximum absolute atomic E-state index is 13.1. The minimum Gasteiger partial charge on any atom is -0.491 e. The Morgan fingerprint density at radius 1 is 1.18 bits per heavy atom. The van der Waals surface area contributed by atoms with Crippen LogP contribution in [-0.2, 0) is 0 Å². The summed E-state index contributed by atoms with van der Waals surface area (Å²) in [6.07, 6.45) is 3.83. The molecule has 0 atom stereocenters. The van der Waals surface area contributed by atoms with Crippen molar-refractivity contribution in [3.05, 3.63) is 64.8 Å². The van der Waals surface area contributed by atoms with Crippen LogP contribution in [0.4, 0.5) is 0 Å². The number of nitrogens with zero attached hydrogens (tertiary/aromatic N) is 1. The minimum atomic E-state index is 0.0822. The van der Waals surface area contributed by atoms with Gasteiger partial charge in [-0.05, 0) is 56.4 Å². The maximum Gasteiger partial charge on any atom is 0.256 e. The van der Waals surface area contributed by atoms with Gasteiger partial charge in [-0.15, -0.1) is 0 Å². The van der Waals surface area contributed by atoms with Gasteiger partial charge in [0.1, 0.15) is 5.75 Å². The highest BCUT2D eigenvalue weighted by atomic mass is 35.5. The SMILES string of the molecule is CC(C)Oc1ccccc1C1CCN(C(=O)c2c[nH]c3cc(Cl)ccc23)CC1. The minimum absolute atomic E-state index is 0.0822. The van der Waals surface area contributed by atoms with E-state index in [1.54, 1.807) is 6.20 Å². The molecular formula is C23H25ClN2O2. The molecule has 0 bridgehead atoms. The number of hydrogen-bond donors (Lipinski definition) is 1. The molecule has 1 aliphatic rings. The fraction of sp³-hybridized carbons (Fsp3) is 0.348. The lowest BCUT2D eigenvalue weighted by atomic mass is 9.88. The van der Waals surface area contributed by atoms with Gasteiger partial charge in [-0.2, -0.15) is 0 Å². The standard InChI is InChI=1S/C23H25ClN2O2/c1-15(2)28-22-6-4-3-5-18(22)16-9-11-26(12-10-16)23(27)20-14-25-21-13-17(24)7-8-19(20)21/h3-8,13-16,25H,9-12H2,1-2H3. The molecule has 1 aromatic heterocycles. The largest absolute Gasteiger partial charge is 0.491 e. The van der Waals surface area contributed by atoms with Crippen LogP contribution < -0.4 is 4.74 Å². The van der Waals surface area contributed by atoms with E-state index < -0.39 is 0 Å². The van der Waals surface area contributed by atoms with Crippen molar-refractivity contribution in [1.29, 1.82) is 0 Å². The average Bonchev–Trinajstić information content (AvgIpc) is 3.10. The normalized spacial score (nSPS) is 15.4. The van der Waals surface area contributed by atoms with Crippen molar-refractivity contribution in [1.82, 2.24) is 9.88 Å². The lowest BCUT2D eigenvalue weighted by molar-refractivity contribution is 0.0714. The summed E-state index contributed by atoms with van der Waals surface area (Å²) in [7, 11) is 0. The van der Waals surface area contributed by atoms with E-state index in [-0.39, 0.29) is 12.0 Å². The molecule has 3 aromatic rings. The molecule has 0 aliphatic carbocycles. The van der Waals surface area contributed by atoms with Crippen LogP contribution in [0.5, 0.6) is 5.75 Å². The summed E-state index contributed by atoms with van der Waals surface area (Å²) in [5, 5.41) is 1.59. The second-order valence-corrected chi connectivity index (χ2v) is 8.10. The molecule has 1 N–H and O–H groups in total. The highest BCUT2D eigenvalue weighted by Gasteiger charge is 2.27. The van der Waals surface area contributed by atoms with E-state index in [0.717, 1.165) is 42.6 Å². The number of aromatic amines is 1. The molecule has 4 nitrogen and oxygen atoms in total. The summed E-state index contributed by atoms with van der Waals surface area (Å²) in [5.74, 6) is 1.47. The number of fused-ring (bicyclic) bond motifs is 1. The number of ether oxygens (including phenoxy) is 1. The summed E-state index contributed by atoms with van der Waals surface area (Å²) in [6.45, 7) is 5.60. The molecule has 1 aliphatic heterocycles. The number of para-hydroxylation sites is 1. The molecule has 0 unspecified atom stereocenters. The van der Waals surface area contributed by atoms with Crippen LogP contribution in [-0.4, -0.2) is 35.0 Å². The zero-order valence-electron chi connectivity index (χ0n) is 16.2. The van der Waals surface area contributed by atoms with Crippen molar-refractivity contribution in [2.45, 2.75) is 38.7 Å². The number of nitrogens with one attached hydrogen (secondary N) is 1. The number of amides is 1. The Morgan fingerprint density at radius 2 is 1.93 bits per heavy atom. The topological polar surface area (TPSA) is 45.3 Å². The Kier molecular flexibility index (Phi) is 5.31. The zero-order chi connectivity index (χ0) is 19.7. The van der Waals surface area contributed by atoms with Gasteiger partial charge in [-0.25, -0.2) is 0 Å². The number of carbonyl (C=O) groups excluding carboxylic acids is 1. The molecule has 146 valence electrons. The quantitative estimate of drug-likeness (QED) is 0.621. The third kappa shape index (κ3) is 3.74. The molecule has 0 saturated carbocycles. The van der Waals surface area contributed by atoms with E-state index in [9.17, 15) is 4.79 Å². The van der Waals surface area contributed by atoms with Gasteiger partial charge in [0.2, 0.25) is 0 Å². The lowest BCUT2D eigenvalue weighted by Gasteiger charge is -2.33. The van der Waals surface area contributed by atoms with Crippen LogP contribution in [0, 0.1) is 0 Å². The van der Waals surface area contributed by atoms with Crippen molar-refractivity contribution < 1.29 is 9.53 Å². The molecule has 0 spiro atoms. The second kappa shape index (κ2) is 7.88. The van der Waals surface area contributed by atoms with Gasteiger partial charge >= 0.3 is 0 Å². The number of carbonyl (C=O) groups is 1. The highest BCUT2D eigenvalue weighted by molar-refractivity contribution is 6.31. The van der Waals surface area contributed by atoms with Crippen molar-refractivity contribution >= 4 is 28.4 Å². The first-order valence-electron chi connectivity index (χ1n) is 9.84. The van der Waals surface area contributed by atoms with E-state index in [2.05, 4.69) is 17.1 Å². The number of rotatable bonds is 4. The Morgan fingerprint density at radius 3 is 2.68 bits per heavy atom. The molecule has 5 heteroatoms. The van der Waals surface area contributed by atoms with Crippen molar-refractivity contribution in [3.8, 4) is 5.75 Å². The predicted octanol–water partition coefficient (Wildman–Crippen LogP) is 5.63. The second-order valence-electron chi connectivity index (χ2n) is 7.66. The monoisotopic (exact) mass is 396 g/mol. The first kappa shape index (κ1) is 18.9. The van der Waals surface area contributed by atoms with E-state index in [0.29, 0.717) is 16.5 Å². The fourth-order valence-electron chi connectivity index (χ4n) is 4.02. The van der Waals surface area contributed by atoms with Crippen LogP contribution in [0.25, 0.3) is 10.9 Å². The zero-order valence-corrected chi connectivity index (χ0v) is 17.0. The van der Waals surface area contributed by atoms with Gasteiger partial charge in [-0.1, -0.05) is 35.9 Å². The number of piperidine rings is 1. The predicted molar refractivity (Wildman–Crippen MR) is 113 cm³/mol. The highest BCUT2D eigenvalue weighted by Crippen LogP contribution is 2.35. The number of benzene rings is 2. The smallest absolute Gasteiger partial charge is 0.256 e. The van der Waals surface area contributed by atoms with Crippen molar-refractivity contribution in [2.75, 3.05) is 13.1 Å². The first-order chi connectivity index (χ1) is 13.5. The lowest BCUT2D eigenvalue weighted by Crippen LogP contribution is -2.37. The van der Waals surface area contributed by atoms with Crippen LogP contribution in [0.2, 0.25) is 5.02 Å². The van der Waals surface area contributed by atoms with Gasteiger partial charge in [0.05, 0.1) is 11.7 Å². The van der Waals surface area contributed by atoms with Gasteiger partial charge < -0.3 is 14.6 Å². The molecule has 2 aromatic carbocycles. The third-order valence-electron chi connectivity index (χ3n) is 5.38. The molecule has 28 heavy (non-hydrogen) atoms. The van der Waals surface area contributed by atoms with Crippen LogP contribution >= 0.6 is 11.6 Å². The van der Waals surface area contributed by atoms with Gasteiger partial charge in [0.25, 0.3) is 5.91 Å². The summed E-state index contributed by atoms with van der Waals surface area (Å²) in [6, 6.07) is 13.9. The molecule has 4 rings (SSSR count). The van der Waals surface area contributed by atoms with E-state index in [4.69, 9.17) is 16.3 Å². The molecule has 0 radical (unpaired) electrons. The van der Waals surface area contributed by atoms with Gasteiger partial charge in [0.15, 0.2) is 0 Å². The van der Waals surface area contributed by atoms with Gasteiger partial charge in [0, 0.05) is 35.2 Å². The van der Waals surface area contributed by atoms with E-state index in [1.165, 1.54) is 5.56 Å². The van der Waals surface area contributed by atoms with Crippen LogP contribution in [0.15, 0.2) is 48.7 Å². The summed E-state index contributed by atoms with van der Waals surface area (Å²) >= 11 is 6.05. The van der Waals surface area contributed by atoms with Crippen molar-refractivity contribution in [2.24, 2.45) is 0 Å². The fourth-order valence-corrected chi connectivity index (χ4v) is 4.19. The van der Waals surface area contributed by atoms with Crippen LogP contribution in [0.3, 0.4) is 0 Å². The molecule has 2 heterocycles. The summed E-state index contributed by atoms with van der Waals surface area (Å²) in [5.41, 5.74) is 2.86. The molecule has 1 fully saturated rings.